The Morgan fingerprint density at radius 2 is 1.86 bits per heavy atom. The van der Waals surface area contributed by atoms with Crippen molar-refractivity contribution in [2.75, 3.05) is 7.11 Å². The summed E-state index contributed by atoms with van der Waals surface area (Å²) in [6.07, 6.45) is 2.09. The summed E-state index contributed by atoms with van der Waals surface area (Å²) in [5.41, 5.74) is 14.2. The number of benzene rings is 2. The molecule has 1 heterocycles. The number of aromatic nitrogens is 1. The van der Waals surface area contributed by atoms with Crippen molar-refractivity contribution in [3.8, 4) is 16.9 Å². The minimum atomic E-state index is -0.380. The number of hydrogen-bond acceptors (Lipinski definition) is 2. The van der Waals surface area contributed by atoms with Crippen LogP contribution < -0.4 is 10.5 Å². The summed E-state index contributed by atoms with van der Waals surface area (Å²) in [4.78, 5) is 12.4. The maximum Gasteiger partial charge on any atom is 0.251 e. The van der Waals surface area contributed by atoms with E-state index in [0.717, 1.165) is 46.7 Å². The van der Waals surface area contributed by atoms with E-state index in [1.54, 1.807) is 7.11 Å². The summed E-state index contributed by atoms with van der Waals surface area (Å²) in [7, 11) is 1.67. The van der Waals surface area contributed by atoms with E-state index in [4.69, 9.17) is 10.5 Å². The number of hydrogen-bond donors (Lipinski definition) is 1. The van der Waals surface area contributed by atoms with Crippen molar-refractivity contribution >= 4 is 5.91 Å². The van der Waals surface area contributed by atoms with Gasteiger partial charge in [-0.1, -0.05) is 30.3 Å². The van der Waals surface area contributed by atoms with E-state index in [0.29, 0.717) is 5.56 Å². The van der Waals surface area contributed by atoms with Gasteiger partial charge in [-0.2, -0.15) is 0 Å². The van der Waals surface area contributed by atoms with Crippen LogP contribution in [0.4, 0.5) is 0 Å². The summed E-state index contributed by atoms with van der Waals surface area (Å²) in [5, 5.41) is 0. The number of primary amides is 1. The highest BCUT2D eigenvalue weighted by Crippen LogP contribution is 2.41. The summed E-state index contributed by atoms with van der Waals surface area (Å²) in [6, 6.07) is 14.9. The quantitative estimate of drug-likeness (QED) is 0.718. The minimum Gasteiger partial charge on any atom is -0.496 e. The highest BCUT2D eigenvalue weighted by Gasteiger charge is 2.30. The third-order valence-electron chi connectivity index (χ3n) is 6.04. The van der Waals surface area contributed by atoms with E-state index >= 15 is 0 Å². The molecule has 0 fully saturated rings. The second-order valence-corrected chi connectivity index (χ2v) is 7.59. The van der Waals surface area contributed by atoms with Gasteiger partial charge >= 0.3 is 0 Å². The highest BCUT2D eigenvalue weighted by molar-refractivity contribution is 6.02. The van der Waals surface area contributed by atoms with Gasteiger partial charge in [0.05, 0.1) is 18.7 Å². The molecule has 4 rings (SSSR count). The molecule has 1 unspecified atom stereocenters. The number of ether oxygens (including phenoxy) is 1. The van der Waals surface area contributed by atoms with Gasteiger partial charge in [-0.3, -0.25) is 4.79 Å². The topological polar surface area (TPSA) is 57.2 Å². The van der Waals surface area contributed by atoms with Gasteiger partial charge in [-0.05, 0) is 68.0 Å². The van der Waals surface area contributed by atoms with Crippen molar-refractivity contribution in [1.82, 2.24) is 4.57 Å². The molecule has 2 N–H and O–H groups in total. The van der Waals surface area contributed by atoms with Crippen molar-refractivity contribution in [1.29, 1.82) is 0 Å². The van der Waals surface area contributed by atoms with E-state index in [9.17, 15) is 4.79 Å². The molecule has 0 radical (unpaired) electrons. The lowest BCUT2D eigenvalue weighted by molar-refractivity contribution is 0.1000. The number of carbonyl (C=O) groups excluding carboxylic acids is 1. The lowest BCUT2D eigenvalue weighted by atomic mass is 9.98. The summed E-state index contributed by atoms with van der Waals surface area (Å²) in [5.74, 6) is 0.456. The fourth-order valence-corrected chi connectivity index (χ4v) is 4.81. The van der Waals surface area contributed by atoms with Crippen LogP contribution in [-0.4, -0.2) is 17.6 Å². The summed E-state index contributed by atoms with van der Waals surface area (Å²) in [6.45, 7) is 6.11. The molecular formula is C24H26N2O2. The van der Waals surface area contributed by atoms with Crippen LogP contribution in [0.5, 0.6) is 5.75 Å². The van der Waals surface area contributed by atoms with Crippen LogP contribution in [0.15, 0.2) is 42.5 Å². The van der Waals surface area contributed by atoms with Crippen molar-refractivity contribution in [3.63, 3.8) is 0 Å². The van der Waals surface area contributed by atoms with Crippen molar-refractivity contribution in [2.24, 2.45) is 5.73 Å². The average molecular weight is 374 g/mol. The molecule has 2 aromatic carbocycles. The Balaban J connectivity index is 1.93. The number of fused-ring (bicyclic) bond motifs is 1. The van der Waals surface area contributed by atoms with Crippen LogP contribution in [0, 0.1) is 20.8 Å². The Kier molecular flexibility index (Phi) is 4.50. The standard InChI is InChI=1S/C24H26N2O2/c1-14-13-18(10-12-21(14)28-4)22-15(2)26(16(3)23(22)24(25)27)20-11-9-17-7-5-6-8-19(17)20/h5-8,10,12-13,20H,9,11H2,1-4H3,(H2,25,27). The molecule has 4 nitrogen and oxygen atoms in total. The highest BCUT2D eigenvalue weighted by atomic mass is 16.5. The molecule has 1 amide bonds. The number of amides is 1. The molecule has 0 spiro atoms. The third kappa shape index (κ3) is 2.71. The summed E-state index contributed by atoms with van der Waals surface area (Å²) >= 11 is 0. The van der Waals surface area contributed by atoms with E-state index in [1.165, 1.54) is 11.1 Å². The number of nitrogens with two attached hydrogens (primary N) is 1. The Hall–Kier alpha value is -3.01. The summed E-state index contributed by atoms with van der Waals surface area (Å²) < 4.78 is 7.70. The smallest absolute Gasteiger partial charge is 0.251 e. The lowest BCUT2D eigenvalue weighted by Crippen LogP contribution is -2.15. The monoisotopic (exact) mass is 374 g/mol. The number of carbonyl (C=O) groups is 1. The predicted molar refractivity (Wildman–Crippen MR) is 112 cm³/mol. The first kappa shape index (κ1) is 18.4. The SMILES string of the molecule is COc1ccc(-c2c(C(N)=O)c(C)n(C3CCc4ccccc43)c2C)cc1C. The first-order valence-electron chi connectivity index (χ1n) is 9.68. The van der Waals surface area contributed by atoms with Crippen molar-refractivity contribution in [2.45, 2.75) is 39.7 Å². The van der Waals surface area contributed by atoms with Gasteiger partial charge in [-0.25, -0.2) is 0 Å². The zero-order chi connectivity index (χ0) is 20.0. The zero-order valence-corrected chi connectivity index (χ0v) is 16.9. The fraction of sp³-hybridized carbons (Fsp3) is 0.292. The number of aryl methyl sites for hydroxylation is 2. The molecule has 0 aliphatic heterocycles. The Bertz CT molecular complexity index is 1080. The third-order valence-corrected chi connectivity index (χ3v) is 6.04. The van der Waals surface area contributed by atoms with Gasteiger partial charge in [0, 0.05) is 17.0 Å². The first-order chi connectivity index (χ1) is 13.4. The zero-order valence-electron chi connectivity index (χ0n) is 16.9. The predicted octanol–water partition coefficient (Wildman–Crippen LogP) is 4.72. The van der Waals surface area contributed by atoms with E-state index in [2.05, 4.69) is 41.8 Å². The Morgan fingerprint density at radius 1 is 1.11 bits per heavy atom. The molecule has 144 valence electrons. The van der Waals surface area contributed by atoms with Crippen molar-refractivity contribution < 1.29 is 9.53 Å². The molecular weight excluding hydrogens is 348 g/mol. The van der Waals surface area contributed by atoms with Crippen LogP contribution in [0.3, 0.4) is 0 Å². The van der Waals surface area contributed by atoms with Gasteiger partial charge in [0.1, 0.15) is 5.75 Å². The van der Waals surface area contributed by atoms with Crippen LogP contribution in [0.2, 0.25) is 0 Å². The van der Waals surface area contributed by atoms with Crippen LogP contribution >= 0.6 is 0 Å². The molecule has 1 aromatic heterocycles. The molecule has 3 aromatic rings. The lowest BCUT2D eigenvalue weighted by Gasteiger charge is -2.19. The largest absolute Gasteiger partial charge is 0.496 e. The normalized spacial score (nSPS) is 15.5. The number of rotatable bonds is 4. The van der Waals surface area contributed by atoms with Gasteiger partial charge in [0.2, 0.25) is 0 Å². The average Bonchev–Trinajstić information content (AvgIpc) is 3.20. The first-order valence-corrected chi connectivity index (χ1v) is 9.68. The van der Waals surface area contributed by atoms with E-state index in [1.807, 2.05) is 26.0 Å². The van der Waals surface area contributed by atoms with Gasteiger partial charge < -0.3 is 15.0 Å². The van der Waals surface area contributed by atoms with E-state index in [-0.39, 0.29) is 11.9 Å². The van der Waals surface area contributed by atoms with Crippen molar-refractivity contribution in [3.05, 3.63) is 76.1 Å². The molecule has 1 atom stereocenters. The van der Waals surface area contributed by atoms with Crippen LogP contribution in [-0.2, 0) is 6.42 Å². The van der Waals surface area contributed by atoms with Crippen LogP contribution in [0.1, 0.15) is 50.9 Å². The maximum atomic E-state index is 12.4. The number of nitrogens with zero attached hydrogens (tertiary/aromatic N) is 1. The molecule has 1 aliphatic carbocycles. The molecule has 0 saturated carbocycles. The molecule has 28 heavy (non-hydrogen) atoms. The Morgan fingerprint density at radius 3 is 2.54 bits per heavy atom. The van der Waals surface area contributed by atoms with Crippen LogP contribution in [0.25, 0.3) is 11.1 Å². The molecule has 0 saturated heterocycles. The molecule has 0 bridgehead atoms. The van der Waals surface area contributed by atoms with Gasteiger partial charge in [0.25, 0.3) is 5.91 Å². The maximum absolute atomic E-state index is 12.4. The Labute approximate surface area is 165 Å². The number of methoxy groups -OCH3 is 1. The fourth-order valence-electron chi connectivity index (χ4n) is 4.81. The second-order valence-electron chi connectivity index (χ2n) is 7.59. The molecule has 4 heteroatoms. The van der Waals surface area contributed by atoms with Gasteiger partial charge in [0.15, 0.2) is 0 Å². The minimum absolute atomic E-state index is 0.238. The molecule has 1 aliphatic rings. The second kappa shape index (κ2) is 6.86. The van der Waals surface area contributed by atoms with Gasteiger partial charge in [-0.15, -0.1) is 0 Å². The van der Waals surface area contributed by atoms with E-state index < -0.39 is 0 Å².